The predicted molar refractivity (Wildman–Crippen MR) is 55.3 cm³/mol. The van der Waals surface area contributed by atoms with Gasteiger partial charge in [0.1, 0.15) is 0 Å². The molecule has 1 atom stereocenters. The standard InChI is InChI=1S/C11H12N2O2/c1-4-9-5-10(14)13(6-9)11-7(2)8(3)12-15-11/h1,9H,5-6H2,2-3H3. The van der Waals surface area contributed by atoms with Crippen LogP contribution in [0.2, 0.25) is 0 Å². The lowest BCUT2D eigenvalue weighted by Gasteiger charge is -2.11. The minimum absolute atomic E-state index is 0.0113. The van der Waals surface area contributed by atoms with Crippen molar-refractivity contribution in [1.29, 1.82) is 0 Å². The van der Waals surface area contributed by atoms with E-state index in [1.807, 2.05) is 13.8 Å². The predicted octanol–water partition coefficient (Wildman–Crippen LogP) is 1.28. The van der Waals surface area contributed by atoms with E-state index >= 15 is 0 Å². The van der Waals surface area contributed by atoms with Crippen molar-refractivity contribution in [3.8, 4) is 12.3 Å². The number of carbonyl (C=O) groups excluding carboxylic acids is 1. The van der Waals surface area contributed by atoms with Crippen LogP contribution in [0.5, 0.6) is 0 Å². The zero-order valence-electron chi connectivity index (χ0n) is 8.78. The summed E-state index contributed by atoms with van der Waals surface area (Å²) in [5.41, 5.74) is 1.71. The van der Waals surface area contributed by atoms with Crippen molar-refractivity contribution in [1.82, 2.24) is 5.16 Å². The van der Waals surface area contributed by atoms with Crippen LogP contribution in [0.15, 0.2) is 4.52 Å². The molecule has 2 rings (SSSR count). The number of hydrogen-bond donors (Lipinski definition) is 0. The van der Waals surface area contributed by atoms with E-state index < -0.39 is 0 Å². The molecule has 0 radical (unpaired) electrons. The van der Waals surface area contributed by atoms with Crippen molar-refractivity contribution in [3.05, 3.63) is 11.3 Å². The van der Waals surface area contributed by atoms with E-state index in [2.05, 4.69) is 11.1 Å². The van der Waals surface area contributed by atoms with E-state index in [0.717, 1.165) is 11.3 Å². The maximum absolute atomic E-state index is 11.6. The van der Waals surface area contributed by atoms with Crippen molar-refractivity contribution in [2.75, 3.05) is 11.4 Å². The van der Waals surface area contributed by atoms with Gasteiger partial charge in [-0.3, -0.25) is 9.69 Å². The molecule has 15 heavy (non-hydrogen) atoms. The number of carbonyl (C=O) groups is 1. The highest BCUT2D eigenvalue weighted by atomic mass is 16.5. The Morgan fingerprint density at radius 2 is 2.33 bits per heavy atom. The molecule has 0 N–H and O–H groups in total. The summed E-state index contributed by atoms with van der Waals surface area (Å²) in [7, 11) is 0. The Hall–Kier alpha value is -1.76. The third kappa shape index (κ3) is 1.50. The van der Waals surface area contributed by atoms with Crippen molar-refractivity contribution in [2.45, 2.75) is 20.3 Å². The molecule has 1 unspecified atom stereocenters. The van der Waals surface area contributed by atoms with Gasteiger partial charge in [-0.05, 0) is 13.8 Å². The number of aromatic nitrogens is 1. The molecule has 1 aliphatic heterocycles. The molecule has 0 aromatic carbocycles. The van der Waals surface area contributed by atoms with Crippen LogP contribution >= 0.6 is 0 Å². The monoisotopic (exact) mass is 204 g/mol. The summed E-state index contributed by atoms with van der Waals surface area (Å²) in [6, 6.07) is 0. The molecule has 0 spiro atoms. The highest BCUT2D eigenvalue weighted by Gasteiger charge is 2.32. The van der Waals surface area contributed by atoms with Gasteiger partial charge >= 0.3 is 0 Å². The van der Waals surface area contributed by atoms with Gasteiger partial charge in [0.2, 0.25) is 11.8 Å². The summed E-state index contributed by atoms with van der Waals surface area (Å²) in [6.07, 6.45) is 5.70. The fraction of sp³-hybridized carbons (Fsp3) is 0.455. The molecule has 1 saturated heterocycles. The van der Waals surface area contributed by atoms with Crippen LogP contribution in [-0.2, 0) is 4.79 Å². The first kappa shape index (κ1) is 9.78. The van der Waals surface area contributed by atoms with Gasteiger partial charge in [-0.1, -0.05) is 5.16 Å². The number of aryl methyl sites for hydroxylation is 1. The van der Waals surface area contributed by atoms with Gasteiger partial charge in [-0.25, -0.2) is 0 Å². The molecule has 0 aliphatic carbocycles. The minimum atomic E-state index is -0.0118. The summed E-state index contributed by atoms with van der Waals surface area (Å²) >= 11 is 0. The molecule has 78 valence electrons. The molecule has 0 saturated carbocycles. The highest BCUT2D eigenvalue weighted by Crippen LogP contribution is 2.28. The molecular weight excluding hydrogens is 192 g/mol. The fourth-order valence-electron chi connectivity index (χ4n) is 1.67. The van der Waals surface area contributed by atoms with Crippen molar-refractivity contribution in [2.24, 2.45) is 5.92 Å². The Kier molecular flexibility index (Phi) is 2.24. The number of terminal acetylenes is 1. The number of anilines is 1. The van der Waals surface area contributed by atoms with Crippen molar-refractivity contribution < 1.29 is 9.32 Å². The third-order valence-corrected chi connectivity index (χ3v) is 2.74. The molecule has 4 heteroatoms. The Bertz CT molecular complexity index is 442. The molecule has 1 aromatic heterocycles. The van der Waals surface area contributed by atoms with Crippen LogP contribution in [0.25, 0.3) is 0 Å². The van der Waals surface area contributed by atoms with Gasteiger partial charge in [0.25, 0.3) is 0 Å². The first-order chi connectivity index (χ1) is 7.13. The molecule has 1 aliphatic rings. The normalized spacial score (nSPS) is 20.7. The van der Waals surface area contributed by atoms with Crippen LogP contribution < -0.4 is 4.90 Å². The summed E-state index contributed by atoms with van der Waals surface area (Å²) in [5, 5.41) is 3.83. The Morgan fingerprint density at radius 3 is 2.80 bits per heavy atom. The van der Waals surface area contributed by atoms with Crippen molar-refractivity contribution in [3.63, 3.8) is 0 Å². The molecule has 4 nitrogen and oxygen atoms in total. The second kappa shape index (κ2) is 3.43. The Morgan fingerprint density at radius 1 is 1.60 bits per heavy atom. The maximum Gasteiger partial charge on any atom is 0.237 e. The second-order valence-electron chi connectivity index (χ2n) is 3.77. The molecule has 1 fully saturated rings. The molecule has 2 heterocycles. The van der Waals surface area contributed by atoms with Crippen LogP contribution in [0, 0.1) is 32.1 Å². The molecule has 1 aromatic rings. The zero-order valence-corrected chi connectivity index (χ0v) is 8.78. The summed E-state index contributed by atoms with van der Waals surface area (Å²) in [5.74, 6) is 3.13. The Labute approximate surface area is 88.2 Å². The molecule has 1 amide bonds. The van der Waals surface area contributed by atoms with Crippen LogP contribution in [0.1, 0.15) is 17.7 Å². The van der Waals surface area contributed by atoms with E-state index in [9.17, 15) is 4.79 Å². The van der Waals surface area contributed by atoms with E-state index in [4.69, 9.17) is 10.9 Å². The molecular formula is C11H12N2O2. The highest BCUT2D eigenvalue weighted by molar-refractivity contribution is 5.95. The van der Waals surface area contributed by atoms with Gasteiger partial charge in [0.15, 0.2) is 0 Å². The fourth-order valence-corrected chi connectivity index (χ4v) is 1.67. The zero-order chi connectivity index (χ0) is 11.0. The molecule has 0 bridgehead atoms. The third-order valence-electron chi connectivity index (χ3n) is 2.74. The summed E-state index contributed by atoms with van der Waals surface area (Å²) < 4.78 is 5.13. The van der Waals surface area contributed by atoms with Gasteiger partial charge in [0, 0.05) is 24.4 Å². The van der Waals surface area contributed by atoms with Crippen molar-refractivity contribution >= 4 is 11.8 Å². The van der Waals surface area contributed by atoms with Gasteiger partial charge in [-0.2, -0.15) is 0 Å². The summed E-state index contributed by atoms with van der Waals surface area (Å²) in [6.45, 7) is 4.27. The maximum atomic E-state index is 11.6. The lowest BCUT2D eigenvalue weighted by molar-refractivity contribution is -0.117. The van der Waals surface area contributed by atoms with Crippen LogP contribution in [0.4, 0.5) is 5.88 Å². The van der Waals surface area contributed by atoms with Gasteiger partial charge in [0.05, 0.1) is 5.69 Å². The van der Waals surface area contributed by atoms with E-state index in [0.29, 0.717) is 18.8 Å². The van der Waals surface area contributed by atoms with Gasteiger partial charge < -0.3 is 4.52 Å². The SMILES string of the molecule is C#CC1CC(=O)N(c2onc(C)c2C)C1. The summed E-state index contributed by atoms with van der Waals surface area (Å²) in [4.78, 5) is 13.2. The largest absolute Gasteiger partial charge is 0.338 e. The number of rotatable bonds is 1. The topological polar surface area (TPSA) is 46.3 Å². The second-order valence-corrected chi connectivity index (χ2v) is 3.77. The van der Waals surface area contributed by atoms with E-state index in [-0.39, 0.29) is 11.8 Å². The number of nitrogens with zero attached hydrogens (tertiary/aromatic N) is 2. The quantitative estimate of drug-likeness (QED) is 0.647. The minimum Gasteiger partial charge on any atom is -0.338 e. The van der Waals surface area contributed by atoms with Crippen LogP contribution in [-0.4, -0.2) is 17.6 Å². The average molecular weight is 204 g/mol. The number of amides is 1. The van der Waals surface area contributed by atoms with Crippen LogP contribution in [0.3, 0.4) is 0 Å². The smallest absolute Gasteiger partial charge is 0.237 e. The average Bonchev–Trinajstić information content (AvgIpc) is 2.73. The van der Waals surface area contributed by atoms with E-state index in [1.165, 1.54) is 0 Å². The Balaban J connectivity index is 2.30. The first-order valence-corrected chi connectivity index (χ1v) is 4.83. The number of hydrogen-bond acceptors (Lipinski definition) is 3. The lowest BCUT2D eigenvalue weighted by Crippen LogP contribution is -2.24. The van der Waals surface area contributed by atoms with E-state index in [1.54, 1.807) is 4.90 Å². The van der Waals surface area contributed by atoms with Gasteiger partial charge in [-0.15, -0.1) is 12.3 Å². The first-order valence-electron chi connectivity index (χ1n) is 4.83. The lowest BCUT2D eigenvalue weighted by atomic mass is 10.1.